The maximum atomic E-state index is 13.6. The summed E-state index contributed by atoms with van der Waals surface area (Å²) < 4.78 is 0. The van der Waals surface area contributed by atoms with Gasteiger partial charge in [-0.05, 0) is 67.9 Å². The number of aromatic nitrogens is 4. The number of likely N-dealkylation sites (tertiary alicyclic amines) is 1. The highest BCUT2D eigenvalue weighted by atomic mass is 16.2. The molecule has 0 saturated carbocycles. The van der Waals surface area contributed by atoms with Crippen LogP contribution in [0.2, 0.25) is 0 Å². The van der Waals surface area contributed by atoms with Crippen LogP contribution in [0.25, 0.3) is 33.4 Å². The first-order chi connectivity index (χ1) is 23.8. The zero-order valence-electron chi connectivity index (χ0n) is 27.2. The van der Waals surface area contributed by atoms with Crippen LogP contribution >= 0.6 is 0 Å². The van der Waals surface area contributed by atoms with Gasteiger partial charge in [0.1, 0.15) is 17.2 Å². The number of benzene rings is 2. The Kier molecular flexibility index (Phi) is 8.52. The molecule has 2 saturated heterocycles. The van der Waals surface area contributed by atoms with Crippen LogP contribution in [0.3, 0.4) is 0 Å². The Morgan fingerprint density at radius 2 is 1.80 bits per heavy atom. The SMILES string of the molecule is C#CC1(C(=O)Nc2ccc3[nH]nc(-c4ccnc(C)c4)c3c2)CCN(CC(=O)N2CCN(c3ccc(-c4ccc(C#N)cn4)cc3)CC2)C1. The number of aryl methyl sites for hydroxylation is 1. The van der Waals surface area contributed by atoms with Gasteiger partial charge in [0.15, 0.2) is 0 Å². The molecular weight excluding hydrogens is 614 g/mol. The van der Waals surface area contributed by atoms with E-state index in [1.165, 1.54) is 0 Å². The molecule has 11 heteroatoms. The Morgan fingerprint density at radius 1 is 0.980 bits per heavy atom. The summed E-state index contributed by atoms with van der Waals surface area (Å²) in [5.74, 6) is 2.57. The minimum absolute atomic E-state index is 0.0411. The number of rotatable bonds is 7. The molecule has 2 aliphatic rings. The summed E-state index contributed by atoms with van der Waals surface area (Å²) in [5, 5.41) is 20.5. The second kappa shape index (κ2) is 13.2. The van der Waals surface area contributed by atoms with Gasteiger partial charge in [0.25, 0.3) is 0 Å². The largest absolute Gasteiger partial charge is 0.368 e. The van der Waals surface area contributed by atoms with E-state index in [-0.39, 0.29) is 18.4 Å². The van der Waals surface area contributed by atoms with E-state index >= 15 is 0 Å². The Morgan fingerprint density at radius 3 is 2.51 bits per heavy atom. The molecule has 2 aromatic carbocycles. The lowest BCUT2D eigenvalue weighted by Crippen LogP contribution is -2.51. The molecule has 0 spiro atoms. The molecule has 1 atom stereocenters. The molecule has 2 aliphatic heterocycles. The van der Waals surface area contributed by atoms with E-state index in [1.807, 2.05) is 65.3 Å². The number of nitrogens with one attached hydrogen (secondary N) is 2. The summed E-state index contributed by atoms with van der Waals surface area (Å²) in [6, 6.07) is 23.4. The van der Waals surface area contributed by atoms with Gasteiger partial charge in [-0.3, -0.25) is 29.6 Å². The lowest BCUT2D eigenvalue weighted by Gasteiger charge is -2.37. The molecule has 11 nitrogen and oxygen atoms in total. The van der Waals surface area contributed by atoms with E-state index < -0.39 is 5.41 Å². The van der Waals surface area contributed by atoms with Gasteiger partial charge in [-0.15, -0.1) is 6.42 Å². The van der Waals surface area contributed by atoms with Gasteiger partial charge < -0.3 is 15.1 Å². The van der Waals surface area contributed by atoms with Crippen LogP contribution in [0.4, 0.5) is 11.4 Å². The Hall–Kier alpha value is -6.04. The fourth-order valence-corrected chi connectivity index (χ4v) is 6.63. The fraction of sp³-hybridized carbons (Fsp3) is 0.263. The number of hydrogen-bond donors (Lipinski definition) is 2. The number of fused-ring (bicyclic) bond motifs is 1. The van der Waals surface area contributed by atoms with Crippen molar-refractivity contribution in [3.63, 3.8) is 0 Å². The number of H-pyrrole nitrogens is 1. The maximum absolute atomic E-state index is 13.6. The number of piperazine rings is 1. The van der Waals surface area contributed by atoms with E-state index in [2.05, 4.69) is 54.5 Å². The van der Waals surface area contributed by atoms with Gasteiger partial charge in [0, 0.05) is 85.2 Å². The molecule has 1 unspecified atom stereocenters. The molecule has 3 aromatic heterocycles. The van der Waals surface area contributed by atoms with E-state index in [4.69, 9.17) is 11.7 Å². The van der Waals surface area contributed by atoms with Crippen molar-refractivity contribution in [1.29, 1.82) is 5.26 Å². The van der Waals surface area contributed by atoms with Gasteiger partial charge in [-0.1, -0.05) is 18.1 Å². The molecule has 0 radical (unpaired) electrons. The van der Waals surface area contributed by atoms with Crippen LogP contribution in [-0.4, -0.2) is 87.6 Å². The van der Waals surface area contributed by atoms with Crippen LogP contribution < -0.4 is 10.2 Å². The van der Waals surface area contributed by atoms with E-state index in [0.717, 1.165) is 57.9 Å². The molecule has 5 heterocycles. The van der Waals surface area contributed by atoms with Crippen LogP contribution in [-0.2, 0) is 9.59 Å². The topological polar surface area (TPSA) is 134 Å². The number of anilines is 2. The van der Waals surface area contributed by atoms with Crippen molar-refractivity contribution < 1.29 is 9.59 Å². The second-order valence-corrected chi connectivity index (χ2v) is 12.6. The van der Waals surface area contributed by atoms with E-state index in [1.54, 1.807) is 18.5 Å². The van der Waals surface area contributed by atoms with Gasteiger partial charge >= 0.3 is 0 Å². The molecule has 0 aliphatic carbocycles. The minimum atomic E-state index is -1.03. The minimum Gasteiger partial charge on any atom is -0.368 e. The van der Waals surface area contributed by atoms with Gasteiger partial charge in [0.2, 0.25) is 11.8 Å². The zero-order valence-corrected chi connectivity index (χ0v) is 27.2. The highest BCUT2D eigenvalue weighted by Crippen LogP contribution is 2.33. The molecule has 7 rings (SSSR count). The third-order valence-electron chi connectivity index (χ3n) is 9.46. The monoisotopic (exact) mass is 649 g/mol. The number of amides is 2. The molecule has 2 N–H and O–H groups in total. The molecule has 5 aromatic rings. The number of carbonyl (C=O) groups is 2. The van der Waals surface area contributed by atoms with Crippen molar-refractivity contribution in [2.75, 3.05) is 56.0 Å². The lowest BCUT2D eigenvalue weighted by molar-refractivity contribution is -0.133. The highest BCUT2D eigenvalue weighted by Gasteiger charge is 2.44. The third-order valence-corrected chi connectivity index (χ3v) is 9.46. The van der Waals surface area contributed by atoms with Crippen LogP contribution in [0.5, 0.6) is 0 Å². The Labute approximate surface area is 284 Å². The van der Waals surface area contributed by atoms with Gasteiger partial charge in [0.05, 0.1) is 23.3 Å². The van der Waals surface area contributed by atoms with Crippen LogP contribution in [0, 0.1) is 36.0 Å². The normalized spacial score (nSPS) is 17.9. The Bertz CT molecular complexity index is 2100. The number of terminal acetylenes is 1. The molecular formula is C38H35N9O2. The van der Waals surface area contributed by atoms with Crippen molar-refractivity contribution in [3.8, 4) is 40.9 Å². The third kappa shape index (κ3) is 6.45. The quantitative estimate of drug-likeness (QED) is 0.247. The van der Waals surface area contributed by atoms with Crippen molar-refractivity contribution in [2.24, 2.45) is 5.41 Å². The predicted molar refractivity (Wildman–Crippen MR) is 188 cm³/mol. The van der Waals surface area contributed by atoms with Crippen molar-refractivity contribution in [2.45, 2.75) is 13.3 Å². The Balaban J connectivity index is 0.934. The number of pyridine rings is 2. The number of nitrogens with zero attached hydrogens (tertiary/aromatic N) is 7. The molecule has 244 valence electrons. The second-order valence-electron chi connectivity index (χ2n) is 12.6. The number of aromatic amines is 1. The fourth-order valence-electron chi connectivity index (χ4n) is 6.63. The summed E-state index contributed by atoms with van der Waals surface area (Å²) in [7, 11) is 0. The molecule has 49 heavy (non-hydrogen) atoms. The van der Waals surface area contributed by atoms with E-state index in [0.29, 0.717) is 43.9 Å². The standard InChI is InChI=1S/C38H35N9O2/c1-3-38(37(49)42-30-7-11-34-32(21-30)36(44-43-34)29-12-14-40-26(2)20-29)13-15-45(25-38)24-35(48)47-18-16-46(17-19-47)31-8-5-28(6-9-31)33-10-4-27(22-39)23-41-33/h1,4-12,14,20-21,23H,13,15-19,24-25H2,2H3,(H,42,49)(H,43,44). The summed E-state index contributed by atoms with van der Waals surface area (Å²) >= 11 is 0. The van der Waals surface area contributed by atoms with Crippen molar-refractivity contribution in [3.05, 3.63) is 90.4 Å². The maximum Gasteiger partial charge on any atom is 0.244 e. The average Bonchev–Trinajstić information content (AvgIpc) is 3.76. The molecule has 2 fully saturated rings. The highest BCUT2D eigenvalue weighted by molar-refractivity contribution is 6.01. The van der Waals surface area contributed by atoms with Crippen molar-refractivity contribution in [1.82, 2.24) is 30.0 Å². The first-order valence-electron chi connectivity index (χ1n) is 16.3. The number of nitriles is 1. The predicted octanol–water partition coefficient (Wildman–Crippen LogP) is 4.48. The van der Waals surface area contributed by atoms with Crippen molar-refractivity contribution >= 4 is 34.1 Å². The van der Waals surface area contributed by atoms with Gasteiger partial charge in [-0.25, -0.2) is 0 Å². The molecule has 2 amide bonds. The zero-order chi connectivity index (χ0) is 34.0. The van der Waals surface area contributed by atoms with Gasteiger partial charge in [-0.2, -0.15) is 10.4 Å². The average molecular weight is 650 g/mol. The van der Waals surface area contributed by atoms with Crippen LogP contribution in [0.1, 0.15) is 17.7 Å². The number of carbonyl (C=O) groups excluding carboxylic acids is 2. The first-order valence-corrected chi connectivity index (χ1v) is 16.3. The van der Waals surface area contributed by atoms with Crippen LogP contribution in [0.15, 0.2) is 79.1 Å². The summed E-state index contributed by atoms with van der Waals surface area (Å²) in [5.41, 5.74) is 6.48. The first kappa shape index (κ1) is 31.6. The lowest BCUT2D eigenvalue weighted by atomic mass is 9.87. The van der Waals surface area contributed by atoms with E-state index in [9.17, 15) is 9.59 Å². The summed E-state index contributed by atoms with van der Waals surface area (Å²) in [4.78, 5) is 41.8. The summed E-state index contributed by atoms with van der Waals surface area (Å²) in [6.45, 7) is 5.71. The summed E-state index contributed by atoms with van der Waals surface area (Å²) in [6.07, 6.45) is 9.80. The molecule has 0 bridgehead atoms. The number of hydrogen-bond acceptors (Lipinski definition) is 8. The smallest absolute Gasteiger partial charge is 0.244 e.